The molecule has 0 fully saturated rings. The number of nitrogens with zero attached hydrogens (tertiary/aromatic N) is 6. The number of hydrogen-bond acceptors (Lipinski definition) is 6. The first-order valence-electron chi connectivity index (χ1n) is 9.92. The van der Waals surface area contributed by atoms with Crippen molar-refractivity contribution >= 4 is 22.8 Å². The molecule has 1 aliphatic heterocycles. The van der Waals surface area contributed by atoms with Crippen molar-refractivity contribution in [2.75, 3.05) is 25.3 Å². The lowest BCUT2D eigenvalue weighted by molar-refractivity contribution is 0.204. The van der Waals surface area contributed by atoms with E-state index in [0.717, 1.165) is 16.8 Å². The highest BCUT2D eigenvalue weighted by molar-refractivity contribution is 5.91. The molecule has 9 nitrogen and oxygen atoms in total. The fraction of sp³-hybridized carbons (Fsp3) is 0.429. The van der Waals surface area contributed by atoms with Gasteiger partial charge < -0.3 is 4.74 Å². The minimum Gasteiger partial charge on any atom is -0.383 e. The van der Waals surface area contributed by atoms with Crippen LogP contribution in [0, 0.1) is 6.92 Å². The van der Waals surface area contributed by atoms with E-state index in [-0.39, 0.29) is 18.1 Å². The Bertz CT molecular complexity index is 1250. The van der Waals surface area contributed by atoms with Crippen LogP contribution in [0.2, 0.25) is 0 Å². The zero-order valence-electron chi connectivity index (χ0n) is 17.9. The molecule has 3 aromatic rings. The van der Waals surface area contributed by atoms with E-state index < -0.39 is 5.69 Å². The molecule has 30 heavy (non-hydrogen) atoms. The second-order valence-corrected chi connectivity index (χ2v) is 7.71. The number of fused-ring (bicyclic) bond motifs is 3. The van der Waals surface area contributed by atoms with Crippen molar-refractivity contribution in [1.82, 2.24) is 18.7 Å². The Kier molecular flexibility index (Phi) is 5.07. The highest BCUT2D eigenvalue weighted by atomic mass is 16.5. The highest BCUT2D eigenvalue weighted by Gasteiger charge is 2.30. The predicted molar refractivity (Wildman–Crippen MR) is 117 cm³/mol. The Hall–Kier alpha value is -3.20. The lowest BCUT2D eigenvalue weighted by Crippen LogP contribution is -2.40. The lowest BCUT2D eigenvalue weighted by atomic mass is 10.1. The van der Waals surface area contributed by atoms with Crippen LogP contribution in [0.5, 0.6) is 0 Å². The molecule has 0 aliphatic carbocycles. The molecule has 2 aromatic heterocycles. The number of benzene rings is 1. The van der Waals surface area contributed by atoms with Crippen LogP contribution < -0.4 is 16.3 Å². The Labute approximate surface area is 173 Å². The summed E-state index contributed by atoms with van der Waals surface area (Å²) in [6.07, 6.45) is 0. The Morgan fingerprint density at radius 2 is 1.83 bits per heavy atom. The fourth-order valence-electron chi connectivity index (χ4n) is 3.73. The van der Waals surface area contributed by atoms with E-state index in [1.807, 2.05) is 49.6 Å². The van der Waals surface area contributed by atoms with Gasteiger partial charge in [0.25, 0.3) is 5.56 Å². The molecule has 1 unspecified atom stereocenters. The third-order valence-electron chi connectivity index (χ3n) is 5.63. The molecule has 1 aromatic carbocycles. The monoisotopic (exact) mass is 410 g/mol. The third kappa shape index (κ3) is 3.15. The van der Waals surface area contributed by atoms with Crippen molar-refractivity contribution in [3.63, 3.8) is 0 Å². The number of imidazole rings is 1. The quantitative estimate of drug-likeness (QED) is 0.638. The molecule has 0 bridgehead atoms. The summed E-state index contributed by atoms with van der Waals surface area (Å²) in [6, 6.07) is 7.66. The van der Waals surface area contributed by atoms with Gasteiger partial charge in [-0.3, -0.25) is 18.5 Å². The maximum Gasteiger partial charge on any atom is 0.332 e. The van der Waals surface area contributed by atoms with Gasteiger partial charge in [0.15, 0.2) is 11.2 Å². The molecule has 0 saturated carbocycles. The molecular weight excluding hydrogens is 384 g/mol. The van der Waals surface area contributed by atoms with E-state index in [0.29, 0.717) is 30.3 Å². The number of rotatable bonds is 5. The van der Waals surface area contributed by atoms with Gasteiger partial charge in [-0.2, -0.15) is 10.1 Å². The molecule has 0 amide bonds. The van der Waals surface area contributed by atoms with Gasteiger partial charge in [0.05, 0.1) is 31.4 Å². The maximum atomic E-state index is 13.5. The lowest BCUT2D eigenvalue weighted by Gasteiger charge is -2.28. The van der Waals surface area contributed by atoms with E-state index in [4.69, 9.17) is 4.74 Å². The first-order chi connectivity index (χ1) is 14.3. The maximum absolute atomic E-state index is 13.5. The average molecular weight is 410 g/mol. The van der Waals surface area contributed by atoms with Crippen LogP contribution in [0.15, 0.2) is 39.0 Å². The van der Waals surface area contributed by atoms with Gasteiger partial charge in [-0.05, 0) is 26.3 Å². The van der Waals surface area contributed by atoms with Crippen LogP contribution in [0.25, 0.3) is 11.2 Å². The smallest absolute Gasteiger partial charge is 0.332 e. The standard InChI is InChI=1S/C21H26N6O3/c1-13-6-8-16(9-7-13)12-25-19(28)17-18(24(4)21(25)29)22-20-26(10-11-30-5)23-14(2)15(3)27(17)20/h6-9,15H,10-12H2,1-5H3. The zero-order valence-corrected chi connectivity index (χ0v) is 17.9. The van der Waals surface area contributed by atoms with E-state index in [1.165, 1.54) is 9.13 Å². The van der Waals surface area contributed by atoms with Crippen LogP contribution in [-0.2, 0) is 18.3 Å². The van der Waals surface area contributed by atoms with Crippen LogP contribution in [0.3, 0.4) is 0 Å². The summed E-state index contributed by atoms with van der Waals surface area (Å²) >= 11 is 0. The van der Waals surface area contributed by atoms with Crippen LogP contribution in [0.4, 0.5) is 5.95 Å². The van der Waals surface area contributed by atoms with Gasteiger partial charge in [0.2, 0.25) is 5.95 Å². The Balaban J connectivity index is 1.93. The number of aryl methyl sites for hydroxylation is 2. The number of ether oxygens (including phenoxy) is 1. The molecule has 0 N–H and O–H groups in total. The summed E-state index contributed by atoms with van der Waals surface area (Å²) in [4.78, 5) is 31.1. The Morgan fingerprint density at radius 3 is 2.50 bits per heavy atom. The molecular formula is C21H26N6O3. The van der Waals surface area contributed by atoms with Crippen molar-refractivity contribution in [1.29, 1.82) is 0 Å². The summed E-state index contributed by atoms with van der Waals surface area (Å²) < 4.78 is 9.77. The molecule has 3 heterocycles. The summed E-state index contributed by atoms with van der Waals surface area (Å²) in [5.74, 6) is 0.542. The number of hydrogen-bond donors (Lipinski definition) is 0. The zero-order chi connectivity index (χ0) is 21.6. The minimum absolute atomic E-state index is 0.151. The van der Waals surface area contributed by atoms with E-state index in [9.17, 15) is 9.59 Å². The normalized spacial score (nSPS) is 16.1. The van der Waals surface area contributed by atoms with Gasteiger partial charge in [0.1, 0.15) is 0 Å². The molecule has 158 valence electrons. The molecule has 1 aliphatic rings. The molecule has 0 radical (unpaired) electrons. The number of methoxy groups -OCH3 is 1. The SMILES string of the molecule is COCCN1N=C(C)C(C)n2c1nc1c2c(=O)n(Cc2ccc(C)cc2)c(=O)n1C. The number of hydrazone groups is 1. The number of aromatic nitrogens is 4. The molecule has 0 saturated heterocycles. The summed E-state index contributed by atoms with van der Waals surface area (Å²) in [5.41, 5.74) is 2.90. The first-order valence-corrected chi connectivity index (χ1v) is 9.92. The van der Waals surface area contributed by atoms with Crippen LogP contribution in [0.1, 0.15) is 31.0 Å². The molecule has 4 rings (SSSR count). The van der Waals surface area contributed by atoms with Crippen molar-refractivity contribution in [3.05, 3.63) is 56.2 Å². The van der Waals surface area contributed by atoms with E-state index in [1.54, 1.807) is 19.2 Å². The predicted octanol–water partition coefficient (Wildman–Crippen LogP) is 1.66. The third-order valence-corrected chi connectivity index (χ3v) is 5.63. The van der Waals surface area contributed by atoms with Gasteiger partial charge in [0, 0.05) is 14.2 Å². The topological polar surface area (TPSA) is 86.7 Å². The van der Waals surface area contributed by atoms with Crippen LogP contribution in [-0.4, -0.2) is 44.7 Å². The van der Waals surface area contributed by atoms with Gasteiger partial charge in [-0.15, -0.1) is 0 Å². The van der Waals surface area contributed by atoms with E-state index >= 15 is 0 Å². The molecule has 1 atom stereocenters. The second-order valence-electron chi connectivity index (χ2n) is 7.71. The summed E-state index contributed by atoms with van der Waals surface area (Å²) in [7, 11) is 3.27. The van der Waals surface area contributed by atoms with Crippen molar-refractivity contribution in [2.24, 2.45) is 12.1 Å². The number of anilines is 1. The van der Waals surface area contributed by atoms with Gasteiger partial charge in [-0.1, -0.05) is 29.8 Å². The largest absolute Gasteiger partial charge is 0.383 e. The van der Waals surface area contributed by atoms with Crippen molar-refractivity contribution in [2.45, 2.75) is 33.4 Å². The minimum atomic E-state index is -0.391. The highest BCUT2D eigenvalue weighted by Crippen LogP contribution is 2.29. The van der Waals surface area contributed by atoms with Crippen molar-refractivity contribution in [3.8, 4) is 0 Å². The van der Waals surface area contributed by atoms with Crippen LogP contribution >= 0.6 is 0 Å². The van der Waals surface area contributed by atoms with E-state index in [2.05, 4.69) is 10.1 Å². The fourth-order valence-corrected chi connectivity index (χ4v) is 3.73. The summed E-state index contributed by atoms with van der Waals surface area (Å²) in [6.45, 7) is 7.07. The molecule has 0 spiro atoms. The second kappa shape index (κ2) is 7.56. The summed E-state index contributed by atoms with van der Waals surface area (Å²) in [5, 5.41) is 6.34. The van der Waals surface area contributed by atoms with Gasteiger partial charge >= 0.3 is 5.69 Å². The first kappa shape index (κ1) is 20.1. The molecule has 9 heteroatoms. The van der Waals surface area contributed by atoms with Crippen molar-refractivity contribution < 1.29 is 4.74 Å². The average Bonchev–Trinajstić information content (AvgIpc) is 3.14. The van der Waals surface area contributed by atoms with Gasteiger partial charge in [-0.25, -0.2) is 9.80 Å². The Morgan fingerprint density at radius 1 is 1.13 bits per heavy atom.